The molecule has 1 N–H and O–H groups in total. The van der Waals surface area contributed by atoms with E-state index in [0.29, 0.717) is 18.3 Å². The van der Waals surface area contributed by atoms with Crippen LogP contribution in [0.15, 0.2) is 4.52 Å². The zero-order valence-corrected chi connectivity index (χ0v) is 10.7. The lowest BCUT2D eigenvalue weighted by molar-refractivity contribution is -0.136. The van der Waals surface area contributed by atoms with Gasteiger partial charge in [-0.2, -0.15) is 4.98 Å². The number of rotatable bonds is 4. The first-order valence-electron chi connectivity index (χ1n) is 5.96. The number of hydrogen-bond donors (Lipinski definition) is 1. The molecule has 1 unspecified atom stereocenters. The lowest BCUT2D eigenvalue weighted by Crippen LogP contribution is -2.50. The van der Waals surface area contributed by atoms with Gasteiger partial charge in [0.2, 0.25) is 5.89 Å². The Morgan fingerprint density at radius 1 is 1.50 bits per heavy atom. The van der Waals surface area contributed by atoms with Crippen molar-refractivity contribution in [3.63, 3.8) is 0 Å². The molecule has 0 aliphatic carbocycles. The molecule has 100 valence electrons. The molecule has 0 radical (unpaired) electrons. The van der Waals surface area contributed by atoms with Gasteiger partial charge in [-0.3, -0.25) is 4.79 Å². The molecule has 1 atom stereocenters. The van der Waals surface area contributed by atoms with E-state index in [1.165, 1.54) is 0 Å². The third-order valence-electron chi connectivity index (χ3n) is 3.21. The highest BCUT2D eigenvalue weighted by atomic mass is 16.5. The van der Waals surface area contributed by atoms with E-state index in [9.17, 15) is 4.79 Å². The maximum atomic E-state index is 10.5. The van der Waals surface area contributed by atoms with E-state index < -0.39 is 5.97 Å². The average molecular weight is 254 g/mol. The number of piperazine rings is 1. The topological polar surface area (TPSA) is 82.7 Å². The smallest absolute Gasteiger partial charge is 0.312 e. The van der Waals surface area contributed by atoms with Gasteiger partial charge in [-0.25, -0.2) is 0 Å². The van der Waals surface area contributed by atoms with Crippen molar-refractivity contribution in [2.75, 3.05) is 33.7 Å². The largest absolute Gasteiger partial charge is 0.481 e. The Labute approximate surface area is 105 Å². The number of aromatic nitrogens is 2. The third-order valence-corrected chi connectivity index (χ3v) is 3.21. The van der Waals surface area contributed by atoms with Gasteiger partial charge in [-0.05, 0) is 14.1 Å². The van der Waals surface area contributed by atoms with Crippen LogP contribution in [0.3, 0.4) is 0 Å². The molecule has 0 bridgehead atoms. The second-order valence-electron chi connectivity index (χ2n) is 4.78. The molecule has 0 amide bonds. The maximum Gasteiger partial charge on any atom is 0.312 e. The predicted molar refractivity (Wildman–Crippen MR) is 63.3 cm³/mol. The van der Waals surface area contributed by atoms with Crippen LogP contribution in [0.25, 0.3) is 0 Å². The Balaban J connectivity index is 1.95. The van der Waals surface area contributed by atoms with E-state index in [1.807, 2.05) is 0 Å². The monoisotopic (exact) mass is 254 g/mol. The standard InChI is InChI=1S/C11H18N4O3/c1-14-3-4-15(2)8(7-14)5-9-12-10(18-13-9)6-11(16)17/h8H,3-7H2,1-2H3,(H,16,17). The highest BCUT2D eigenvalue weighted by Crippen LogP contribution is 2.11. The van der Waals surface area contributed by atoms with Gasteiger partial charge in [0.05, 0.1) is 0 Å². The molecule has 1 aliphatic heterocycles. The molecule has 7 nitrogen and oxygen atoms in total. The molecule has 18 heavy (non-hydrogen) atoms. The Morgan fingerprint density at radius 3 is 3.00 bits per heavy atom. The van der Waals surface area contributed by atoms with Crippen molar-refractivity contribution in [1.82, 2.24) is 19.9 Å². The van der Waals surface area contributed by atoms with Gasteiger partial charge in [-0.15, -0.1) is 0 Å². The van der Waals surface area contributed by atoms with Crippen LogP contribution in [-0.4, -0.2) is 70.8 Å². The van der Waals surface area contributed by atoms with Gasteiger partial charge < -0.3 is 19.4 Å². The Bertz CT molecular complexity index is 420. The van der Waals surface area contributed by atoms with Crippen LogP contribution in [0.4, 0.5) is 0 Å². The number of carboxylic acids is 1. The minimum Gasteiger partial charge on any atom is -0.481 e. The van der Waals surface area contributed by atoms with E-state index >= 15 is 0 Å². The molecule has 1 fully saturated rings. The molecule has 1 aromatic heterocycles. The number of aliphatic carboxylic acids is 1. The summed E-state index contributed by atoms with van der Waals surface area (Å²) in [6.07, 6.45) is 0.470. The SMILES string of the molecule is CN1CCN(C)C(Cc2noc(CC(=O)O)n2)C1. The van der Waals surface area contributed by atoms with Crippen LogP contribution < -0.4 is 0 Å². The zero-order valence-electron chi connectivity index (χ0n) is 10.7. The number of nitrogens with zero attached hydrogens (tertiary/aromatic N) is 4. The van der Waals surface area contributed by atoms with Gasteiger partial charge in [0, 0.05) is 32.1 Å². The molecule has 1 aliphatic rings. The van der Waals surface area contributed by atoms with Crippen molar-refractivity contribution < 1.29 is 14.4 Å². The van der Waals surface area contributed by atoms with Crippen molar-refractivity contribution in [1.29, 1.82) is 0 Å². The predicted octanol–water partition coefficient (Wildman–Crippen LogP) is -0.515. The Hall–Kier alpha value is -1.47. The van der Waals surface area contributed by atoms with Crippen LogP contribution in [-0.2, 0) is 17.6 Å². The van der Waals surface area contributed by atoms with Crippen molar-refractivity contribution in [3.05, 3.63) is 11.7 Å². The first-order chi connectivity index (χ1) is 8.54. The normalized spacial score (nSPS) is 22.2. The third kappa shape index (κ3) is 3.27. The van der Waals surface area contributed by atoms with Gasteiger partial charge in [-0.1, -0.05) is 5.16 Å². The van der Waals surface area contributed by atoms with Crippen molar-refractivity contribution in [3.8, 4) is 0 Å². The molecular formula is C11H18N4O3. The summed E-state index contributed by atoms with van der Waals surface area (Å²) in [6.45, 7) is 3.03. The molecular weight excluding hydrogens is 236 g/mol. The van der Waals surface area contributed by atoms with Gasteiger partial charge in [0.15, 0.2) is 5.82 Å². The second kappa shape index (κ2) is 5.45. The van der Waals surface area contributed by atoms with E-state index in [-0.39, 0.29) is 12.3 Å². The highest BCUT2D eigenvalue weighted by molar-refractivity contribution is 5.68. The number of carbonyl (C=O) groups is 1. The summed E-state index contributed by atoms with van der Waals surface area (Å²) < 4.78 is 4.91. The Kier molecular flexibility index (Phi) is 3.93. The summed E-state index contributed by atoms with van der Waals surface area (Å²) in [4.78, 5) is 19.2. The van der Waals surface area contributed by atoms with Crippen LogP contribution in [0.1, 0.15) is 11.7 Å². The molecule has 2 heterocycles. The summed E-state index contributed by atoms with van der Waals surface area (Å²) in [7, 11) is 4.17. The van der Waals surface area contributed by atoms with Crippen molar-refractivity contribution >= 4 is 5.97 Å². The van der Waals surface area contributed by atoms with E-state index in [4.69, 9.17) is 9.63 Å². The van der Waals surface area contributed by atoms with Crippen LogP contribution in [0.2, 0.25) is 0 Å². The minimum atomic E-state index is -0.959. The first kappa shape index (κ1) is 13.0. The quantitative estimate of drug-likeness (QED) is 0.774. The van der Waals surface area contributed by atoms with Gasteiger partial charge in [0.25, 0.3) is 0 Å². The summed E-state index contributed by atoms with van der Waals surface area (Å²) in [5, 5.41) is 12.5. The molecule has 0 spiro atoms. The van der Waals surface area contributed by atoms with Crippen LogP contribution in [0.5, 0.6) is 0 Å². The molecule has 1 saturated heterocycles. The molecule has 0 saturated carbocycles. The average Bonchev–Trinajstić information content (AvgIpc) is 2.70. The van der Waals surface area contributed by atoms with E-state index in [2.05, 4.69) is 34.0 Å². The summed E-state index contributed by atoms with van der Waals surface area (Å²) in [6, 6.07) is 0.346. The fourth-order valence-corrected chi connectivity index (χ4v) is 2.11. The van der Waals surface area contributed by atoms with Gasteiger partial charge in [0.1, 0.15) is 6.42 Å². The molecule has 0 aromatic carbocycles. The van der Waals surface area contributed by atoms with Crippen molar-refractivity contribution in [2.24, 2.45) is 0 Å². The highest BCUT2D eigenvalue weighted by Gasteiger charge is 2.24. The lowest BCUT2D eigenvalue weighted by Gasteiger charge is -2.37. The van der Waals surface area contributed by atoms with Crippen LogP contribution in [0, 0.1) is 0 Å². The molecule has 7 heteroatoms. The summed E-state index contributed by atoms with van der Waals surface area (Å²) in [5.41, 5.74) is 0. The maximum absolute atomic E-state index is 10.5. The second-order valence-corrected chi connectivity index (χ2v) is 4.78. The fourth-order valence-electron chi connectivity index (χ4n) is 2.11. The van der Waals surface area contributed by atoms with E-state index in [0.717, 1.165) is 19.6 Å². The number of likely N-dealkylation sites (N-methyl/N-ethyl adjacent to an activating group) is 2. The molecule has 2 rings (SSSR count). The lowest BCUT2D eigenvalue weighted by atomic mass is 10.1. The Morgan fingerprint density at radius 2 is 2.28 bits per heavy atom. The van der Waals surface area contributed by atoms with Crippen molar-refractivity contribution in [2.45, 2.75) is 18.9 Å². The minimum absolute atomic E-state index is 0.171. The summed E-state index contributed by atoms with van der Waals surface area (Å²) in [5.74, 6) is -0.206. The molecule has 1 aromatic rings. The zero-order chi connectivity index (χ0) is 13.1. The first-order valence-corrected chi connectivity index (χ1v) is 5.96. The fraction of sp³-hybridized carbons (Fsp3) is 0.727. The van der Waals surface area contributed by atoms with Gasteiger partial charge >= 0.3 is 5.97 Å². The number of carboxylic acid groups (broad SMARTS) is 1. The summed E-state index contributed by atoms with van der Waals surface area (Å²) >= 11 is 0. The van der Waals surface area contributed by atoms with Crippen LogP contribution >= 0.6 is 0 Å². The number of hydrogen-bond acceptors (Lipinski definition) is 6. The van der Waals surface area contributed by atoms with E-state index in [1.54, 1.807) is 0 Å².